The van der Waals surface area contributed by atoms with Crippen LogP contribution in [0.4, 0.5) is 5.69 Å². The monoisotopic (exact) mass is 312 g/mol. The molecule has 1 saturated heterocycles. The lowest BCUT2D eigenvalue weighted by molar-refractivity contribution is 0.263. The van der Waals surface area contributed by atoms with Crippen LogP contribution < -0.4 is 10.6 Å². The van der Waals surface area contributed by atoms with E-state index >= 15 is 0 Å². The largest absolute Gasteiger partial charge is 0.381 e. The zero-order valence-corrected chi connectivity index (χ0v) is 13.2. The van der Waals surface area contributed by atoms with Gasteiger partial charge in [-0.3, -0.25) is 0 Å². The molecule has 0 aromatic heterocycles. The summed E-state index contributed by atoms with van der Waals surface area (Å²) in [6.45, 7) is 1.17. The van der Waals surface area contributed by atoms with Gasteiger partial charge in [0.2, 0.25) is 0 Å². The van der Waals surface area contributed by atoms with E-state index in [-0.39, 0.29) is 0 Å². The van der Waals surface area contributed by atoms with Crippen LogP contribution in [-0.4, -0.2) is 18.6 Å². The van der Waals surface area contributed by atoms with Crippen molar-refractivity contribution in [3.63, 3.8) is 0 Å². The topological polar surface area (TPSA) is 24.1 Å². The van der Waals surface area contributed by atoms with Gasteiger partial charge in [-0.1, -0.05) is 36.0 Å². The SMILES string of the molecule is Clc1ccc(Cl)c(NC2CCCCC2C2CCCN2)c1. The van der Waals surface area contributed by atoms with E-state index in [1.165, 1.54) is 45.1 Å². The fourth-order valence-electron chi connectivity index (χ4n) is 3.71. The highest BCUT2D eigenvalue weighted by Crippen LogP contribution is 2.34. The Morgan fingerprint density at radius 1 is 1.05 bits per heavy atom. The summed E-state index contributed by atoms with van der Waals surface area (Å²) in [7, 11) is 0. The molecule has 110 valence electrons. The van der Waals surface area contributed by atoms with E-state index in [0.717, 1.165) is 15.7 Å². The smallest absolute Gasteiger partial charge is 0.0638 e. The Morgan fingerprint density at radius 2 is 1.90 bits per heavy atom. The average molecular weight is 313 g/mol. The van der Waals surface area contributed by atoms with Crippen LogP contribution in [0.5, 0.6) is 0 Å². The standard InChI is InChI=1S/C16H22Cl2N2/c17-11-7-8-13(18)16(10-11)20-15-5-2-1-4-12(15)14-6-3-9-19-14/h7-8,10,12,14-15,19-20H,1-6,9H2. The summed E-state index contributed by atoms with van der Waals surface area (Å²) in [6, 6.07) is 6.84. The molecule has 1 aliphatic heterocycles. The number of rotatable bonds is 3. The van der Waals surface area contributed by atoms with Crippen LogP contribution in [0, 0.1) is 5.92 Å². The molecule has 2 nitrogen and oxygen atoms in total. The highest BCUT2D eigenvalue weighted by Gasteiger charge is 2.33. The van der Waals surface area contributed by atoms with Crippen molar-refractivity contribution in [3.05, 3.63) is 28.2 Å². The van der Waals surface area contributed by atoms with Crippen molar-refractivity contribution in [1.29, 1.82) is 0 Å². The maximum Gasteiger partial charge on any atom is 0.0638 e. The molecule has 3 atom stereocenters. The van der Waals surface area contributed by atoms with E-state index in [4.69, 9.17) is 23.2 Å². The van der Waals surface area contributed by atoms with Crippen molar-refractivity contribution in [3.8, 4) is 0 Å². The summed E-state index contributed by atoms with van der Waals surface area (Å²) < 4.78 is 0. The summed E-state index contributed by atoms with van der Waals surface area (Å²) in [5.41, 5.74) is 0.981. The van der Waals surface area contributed by atoms with E-state index < -0.39 is 0 Å². The molecular weight excluding hydrogens is 291 g/mol. The Morgan fingerprint density at radius 3 is 2.70 bits per heavy atom. The first-order chi connectivity index (χ1) is 9.74. The predicted octanol–water partition coefficient (Wildman–Crippen LogP) is 4.72. The second kappa shape index (κ2) is 6.55. The van der Waals surface area contributed by atoms with E-state index in [9.17, 15) is 0 Å². The summed E-state index contributed by atoms with van der Waals surface area (Å²) >= 11 is 12.4. The number of halogens is 2. The predicted molar refractivity (Wildman–Crippen MR) is 86.9 cm³/mol. The molecule has 1 saturated carbocycles. The van der Waals surface area contributed by atoms with Gasteiger partial charge in [-0.05, 0) is 56.3 Å². The molecule has 2 aliphatic rings. The normalized spacial score (nSPS) is 30.4. The van der Waals surface area contributed by atoms with Gasteiger partial charge in [-0.15, -0.1) is 0 Å². The minimum atomic E-state index is 0.510. The van der Waals surface area contributed by atoms with Crippen LogP contribution in [0.15, 0.2) is 18.2 Å². The van der Waals surface area contributed by atoms with Crippen LogP contribution >= 0.6 is 23.2 Å². The van der Waals surface area contributed by atoms with Gasteiger partial charge in [0.25, 0.3) is 0 Å². The van der Waals surface area contributed by atoms with Crippen molar-refractivity contribution in [2.75, 3.05) is 11.9 Å². The molecule has 3 unspecified atom stereocenters. The van der Waals surface area contributed by atoms with Gasteiger partial charge in [0, 0.05) is 17.1 Å². The lowest BCUT2D eigenvalue weighted by atomic mass is 9.79. The maximum atomic E-state index is 6.29. The third-order valence-corrected chi connectivity index (χ3v) is 5.27. The first kappa shape index (κ1) is 14.5. The summed E-state index contributed by atoms with van der Waals surface area (Å²) in [5.74, 6) is 0.710. The van der Waals surface area contributed by atoms with Gasteiger partial charge >= 0.3 is 0 Å². The van der Waals surface area contributed by atoms with Crippen LogP contribution in [0.3, 0.4) is 0 Å². The first-order valence-electron chi connectivity index (χ1n) is 7.69. The second-order valence-electron chi connectivity index (χ2n) is 6.03. The summed E-state index contributed by atoms with van der Waals surface area (Å²) in [5, 5.41) is 8.83. The molecule has 1 aromatic rings. The number of hydrogen-bond acceptors (Lipinski definition) is 2. The van der Waals surface area contributed by atoms with Gasteiger partial charge in [0.15, 0.2) is 0 Å². The van der Waals surface area contributed by atoms with E-state index in [1.54, 1.807) is 0 Å². The molecule has 1 aromatic carbocycles. The Hall–Kier alpha value is -0.440. The lowest BCUT2D eigenvalue weighted by Gasteiger charge is -2.37. The summed E-state index contributed by atoms with van der Waals surface area (Å²) in [4.78, 5) is 0. The molecule has 0 bridgehead atoms. The third kappa shape index (κ3) is 3.24. The Bertz CT molecular complexity index is 458. The van der Waals surface area contributed by atoms with Gasteiger partial charge in [0.1, 0.15) is 0 Å². The van der Waals surface area contributed by atoms with Crippen molar-refractivity contribution in [1.82, 2.24) is 5.32 Å². The zero-order valence-electron chi connectivity index (χ0n) is 11.7. The Labute approximate surface area is 131 Å². The minimum absolute atomic E-state index is 0.510. The van der Waals surface area contributed by atoms with Crippen LogP contribution in [0.25, 0.3) is 0 Å². The molecule has 2 fully saturated rings. The number of benzene rings is 1. The molecule has 0 amide bonds. The van der Waals surface area contributed by atoms with Gasteiger partial charge in [-0.2, -0.15) is 0 Å². The lowest BCUT2D eigenvalue weighted by Crippen LogP contribution is -2.43. The molecule has 0 radical (unpaired) electrons. The highest BCUT2D eigenvalue weighted by molar-refractivity contribution is 6.35. The molecule has 2 N–H and O–H groups in total. The van der Waals surface area contributed by atoms with Gasteiger partial charge < -0.3 is 10.6 Å². The van der Waals surface area contributed by atoms with Crippen molar-refractivity contribution < 1.29 is 0 Å². The number of hydrogen-bond donors (Lipinski definition) is 2. The van der Waals surface area contributed by atoms with Gasteiger partial charge in [-0.25, -0.2) is 0 Å². The molecule has 1 heterocycles. The van der Waals surface area contributed by atoms with Crippen molar-refractivity contribution in [2.24, 2.45) is 5.92 Å². The molecule has 4 heteroatoms. The summed E-state index contributed by atoms with van der Waals surface area (Å²) in [6.07, 6.45) is 7.82. The van der Waals surface area contributed by atoms with E-state index in [2.05, 4.69) is 10.6 Å². The minimum Gasteiger partial charge on any atom is -0.381 e. The average Bonchev–Trinajstić information content (AvgIpc) is 2.97. The molecule has 3 rings (SSSR count). The second-order valence-corrected chi connectivity index (χ2v) is 6.87. The zero-order chi connectivity index (χ0) is 13.9. The molecular formula is C16H22Cl2N2. The Kier molecular flexibility index (Phi) is 4.75. The van der Waals surface area contributed by atoms with E-state index in [1.807, 2.05) is 18.2 Å². The fraction of sp³-hybridized carbons (Fsp3) is 0.625. The van der Waals surface area contributed by atoms with Crippen LogP contribution in [-0.2, 0) is 0 Å². The maximum absolute atomic E-state index is 6.29. The first-order valence-corrected chi connectivity index (χ1v) is 8.44. The highest BCUT2D eigenvalue weighted by atomic mass is 35.5. The molecule has 20 heavy (non-hydrogen) atoms. The molecule has 1 aliphatic carbocycles. The van der Waals surface area contributed by atoms with Crippen LogP contribution in [0.2, 0.25) is 10.0 Å². The van der Waals surface area contributed by atoms with Gasteiger partial charge in [0.05, 0.1) is 10.7 Å². The number of anilines is 1. The van der Waals surface area contributed by atoms with Crippen LogP contribution in [0.1, 0.15) is 38.5 Å². The Balaban J connectivity index is 1.74. The molecule has 0 spiro atoms. The van der Waals surface area contributed by atoms with Crippen molar-refractivity contribution in [2.45, 2.75) is 50.6 Å². The quantitative estimate of drug-likeness (QED) is 0.844. The third-order valence-electron chi connectivity index (χ3n) is 4.70. The van der Waals surface area contributed by atoms with Crippen molar-refractivity contribution >= 4 is 28.9 Å². The van der Waals surface area contributed by atoms with E-state index in [0.29, 0.717) is 18.0 Å². The number of nitrogens with one attached hydrogen (secondary N) is 2. The fourth-order valence-corrected chi connectivity index (χ4v) is 4.05.